The number of carboxylic acid groups (broad SMARTS) is 1. The summed E-state index contributed by atoms with van der Waals surface area (Å²) in [5.74, 6) is -0.974. The molecule has 0 aliphatic heterocycles. The van der Waals surface area contributed by atoms with Crippen LogP contribution in [0, 0.1) is 11.6 Å². The van der Waals surface area contributed by atoms with Gasteiger partial charge < -0.3 is 20.3 Å². The van der Waals surface area contributed by atoms with E-state index in [9.17, 15) is 23.5 Å². The molecule has 0 saturated heterocycles. The third kappa shape index (κ3) is 6.12. The number of anilines is 1. The van der Waals surface area contributed by atoms with Crippen LogP contribution in [0.25, 0.3) is 10.8 Å². The number of hydrogen-bond donors (Lipinski definition) is 3. The molecule has 1 unspecified atom stereocenters. The first kappa shape index (κ1) is 25.8. The van der Waals surface area contributed by atoms with Crippen LogP contribution in [-0.4, -0.2) is 56.7 Å². The van der Waals surface area contributed by atoms with E-state index in [4.69, 9.17) is 11.6 Å². The van der Waals surface area contributed by atoms with Gasteiger partial charge in [-0.05, 0) is 41.3 Å². The fourth-order valence-corrected chi connectivity index (χ4v) is 4.04. The zero-order valence-corrected chi connectivity index (χ0v) is 20.4. The number of carbonyl (C=O) groups excluding carboxylic acids is 1. The molecule has 37 heavy (non-hydrogen) atoms. The highest BCUT2D eigenvalue weighted by Crippen LogP contribution is 2.23. The van der Waals surface area contributed by atoms with Crippen LogP contribution in [0.5, 0.6) is 0 Å². The summed E-state index contributed by atoms with van der Waals surface area (Å²) in [5.41, 5.74) is 1.07. The van der Waals surface area contributed by atoms with Gasteiger partial charge in [0, 0.05) is 43.5 Å². The van der Waals surface area contributed by atoms with Crippen molar-refractivity contribution in [2.75, 3.05) is 18.5 Å². The van der Waals surface area contributed by atoms with Gasteiger partial charge in [0.25, 0.3) is 0 Å². The zero-order valence-electron chi connectivity index (χ0n) is 19.7. The second-order valence-corrected chi connectivity index (χ2v) is 8.72. The smallest absolute Gasteiger partial charge is 0.413 e. The number of aromatic amines is 1. The molecule has 12 heteroatoms. The van der Waals surface area contributed by atoms with E-state index in [0.29, 0.717) is 22.0 Å². The number of halogens is 3. The molecule has 192 valence electrons. The summed E-state index contributed by atoms with van der Waals surface area (Å²) in [4.78, 5) is 38.8. The van der Waals surface area contributed by atoms with Crippen LogP contribution in [0.3, 0.4) is 0 Å². The number of hydrogen-bond acceptors (Lipinski definition) is 4. The molecule has 0 saturated carbocycles. The maximum Gasteiger partial charge on any atom is 0.413 e. The van der Waals surface area contributed by atoms with Crippen LogP contribution >= 0.6 is 11.6 Å². The zero-order chi connectivity index (χ0) is 26.5. The van der Waals surface area contributed by atoms with Gasteiger partial charge in [0.1, 0.15) is 17.5 Å². The summed E-state index contributed by atoms with van der Waals surface area (Å²) in [7, 11) is 1.52. The molecule has 1 atom stereocenters. The number of nitrogens with zero attached hydrogens (tertiary/aromatic N) is 4. The second-order valence-electron chi connectivity index (χ2n) is 8.34. The van der Waals surface area contributed by atoms with Gasteiger partial charge in [-0.3, -0.25) is 4.90 Å². The molecule has 4 rings (SSSR count). The summed E-state index contributed by atoms with van der Waals surface area (Å²) in [6.45, 7) is -0.177. The van der Waals surface area contributed by atoms with Crippen LogP contribution in [0.4, 0.5) is 24.2 Å². The molecule has 0 aliphatic carbocycles. The van der Waals surface area contributed by atoms with Crippen molar-refractivity contribution in [3.05, 3.63) is 89.1 Å². The molecule has 2 aromatic heterocycles. The summed E-state index contributed by atoms with van der Waals surface area (Å²) in [6.07, 6.45) is 3.47. The lowest BCUT2D eigenvalue weighted by Gasteiger charge is -2.32. The summed E-state index contributed by atoms with van der Waals surface area (Å²) >= 11 is 5.98. The molecule has 2 aromatic carbocycles. The SMILES string of the molecule is CN(C(=O)NCc1cccc(F)c1Cl)C(Cc1cnc[nH]1)CN(C(=O)O)c1cc2cc(F)ccc2cn1. The minimum atomic E-state index is -1.29. The summed E-state index contributed by atoms with van der Waals surface area (Å²) < 4.78 is 27.5. The van der Waals surface area contributed by atoms with Crippen molar-refractivity contribution in [3.8, 4) is 0 Å². The Kier molecular flexibility index (Phi) is 7.83. The van der Waals surface area contributed by atoms with E-state index < -0.39 is 29.8 Å². The highest BCUT2D eigenvalue weighted by atomic mass is 35.5. The lowest BCUT2D eigenvalue weighted by Crippen LogP contribution is -2.50. The maximum absolute atomic E-state index is 13.7. The number of H-pyrrole nitrogens is 1. The predicted molar refractivity (Wildman–Crippen MR) is 135 cm³/mol. The number of benzene rings is 2. The van der Waals surface area contributed by atoms with Crippen LogP contribution in [0.2, 0.25) is 5.02 Å². The highest BCUT2D eigenvalue weighted by molar-refractivity contribution is 6.31. The Morgan fingerprint density at radius 1 is 1.16 bits per heavy atom. The third-order valence-electron chi connectivity index (χ3n) is 5.91. The maximum atomic E-state index is 13.7. The van der Waals surface area contributed by atoms with E-state index in [1.807, 2.05) is 0 Å². The van der Waals surface area contributed by atoms with Crippen molar-refractivity contribution < 1.29 is 23.5 Å². The van der Waals surface area contributed by atoms with Crippen molar-refractivity contribution in [2.45, 2.75) is 19.0 Å². The number of aromatic nitrogens is 3. The Bertz CT molecular complexity index is 1420. The van der Waals surface area contributed by atoms with Crippen LogP contribution in [0.1, 0.15) is 11.3 Å². The van der Waals surface area contributed by atoms with E-state index in [1.54, 1.807) is 18.3 Å². The van der Waals surface area contributed by atoms with E-state index in [-0.39, 0.29) is 30.4 Å². The molecular formula is C25H23ClF2N6O3. The van der Waals surface area contributed by atoms with Gasteiger partial charge in [0.05, 0.1) is 23.9 Å². The van der Waals surface area contributed by atoms with E-state index in [2.05, 4.69) is 20.3 Å². The summed E-state index contributed by atoms with van der Waals surface area (Å²) in [5, 5.41) is 13.7. The molecular weight excluding hydrogens is 506 g/mol. The average Bonchev–Trinajstić information content (AvgIpc) is 3.39. The van der Waals surface area contributed by atoms with Gasteiger partial charge in [0.15, 0.2) is 0 Å². The van der Waals surface area contributed by atoms with Gasteiger partial charge in [-0.2, -0.15) is 0 Å². The molecule has 0 fully saturated rings. The minimum absolute atomic E-state index is 0.0308. The van der Waals surface area contributed by atoms with Gasteiger partial charge in [-0.15, -0.1) is 0 Å². The molecule has 0 spiro atoms. The Morgan fingerprint density at radius 3 is 2.70 bits per heavy atom. The minimum Gasteiger partial charge on any atom is -0.465 e. The van der Waals surface area contributed by atoms with Gasteiger partial charge >= 0.3 is 12.1 Å². The van der Waals surface area contributed by atoms with Gasteiger partial charge in [-0.1, -0.05) is 23.7 Å². The molecule has 2 heterocycles. The number of urea groups is 1. The molecule has 9 nitrogen and oxygen atoms in total. The molecule has 0 radical (unpaired) electrons. The standard InChI is InChI=1S/C25H23ClF2N6O3/c1-33(24(35)31-11-16-3-2-4-21(28)23(16)26)20(9-19-12-29-14-32-19)13-34(25(36)37)22-8-17-7-18(27)6-5-15(17)10-30-22/h2-8,10,12,14,20H,9,11,13H2,1H3,(H,29,32)(H,31,35)(H,36,37). The number of rotatable bonds is 8. The normalized spacial score (nSPS) is 11.8. The summed E-state index contributed by atoms with van der Waals surface area (Å²) in [6, 6.07) is 8.73. The highest BCUT2D eigenvalue weighted by Gasteiger charge is 2.27. The van der Waals surface area contributed by atoms with Crippen molar-refractivity contribution in [2.24, 2.45) is 0 Å². The number of fused-ring (bicyclic) bond motifs is 1. The van der Waals surface area contributed by atoms with Gasteiger partial charge in [-0.25, -0.2) is 28.3 Å². The second kappa shape index (κ2) is 11.2. The third-order valence-corrected chi connectivity index (χ3v) is 6.33. The lowest BCUT2D eigenvalue weighted by molar-refractivity contribution is 0.182. The topological polar surface area (TPSA) is 114 Å². The number of carbonyl (C=O) groups is 2. The lowest BCUT2D eigenvalue weighted by atomic mass is 10.1. The molecule has 0 aliphatic rings. The molecule has 3 N–H and O–H groups in total. The Morgan fingerprint density at radius 2 is 1.97 bits per heavy atom. The molecule has 3 amide bonds. The first-order valence-corrected chi connectivity index (χ1v) is 11.6. The fraction of sp³-hybridized carbons (Fsp3) is 0.200. The predicted octanol–water partition coefficient (Wildman–Crippen LogP) is 4.83. The van der Waals surface area contributed by atoms with Crippen LogP contribution in [0.15, 0.2) is 61.2 Å². The first-order chi connectivity index (χ1) is 17.7. The van der Waals surface area contributed by atoms with Crippen molar-refractivity contribution in [3.63, 3.8) is 0 Å². The number of pyridine rings is 1. The quantitative estimate of drug-likeness (QED) is 0.303. The van der Waals surface area contributed by atoms with E-state index in [0.717, 1.165) is 4.90 Å². The van der Waals surface area contributed by atoms with Crippen LogP contribution < -0.4 is 10.2 Å². The van der Waals surface area contributed by atoms with Crippen molar-refractivity contribution >= 4 is 40.3 Å². The van der Waals surface area contributed by atoms with Crippen molar-refractivity contribution in [1.82, 2.24) is 25.2 Å². The first-order valence-electron chi connectivity index (χ1n) is 11.2. The Labute approximate surface area is 215 Å². The van der Waals surface area contributed by atoms with Crippen molar-refractivity contribution in [1.29, 1.82) is 0 Å². The Hall–Kier alpha value is -4.25. The largest absolute Gasteiger partial charge is 0.465 e. The average molecular weight is 529 g/mol. The van der Waals surface area contributed by atoms with Gasteiger partial charge in [0.2, 0.25) is 0 Å². The number of nitrogens with one attached hydrogen (secondary N) is 2. The number of imidazole rings is 1. The molecule has 0 bridgehead atoms. The fourth-order valence-electron chi connectivity index (χ4n) is 3.85. The Balaban J connectivity index is 1.57. The monoisotopic (exact) mass is 528 g/mol. The number of likely N-dealkylation sites (N-methyl/N-ethyl adjacent to an activating group) is 1. The van der Waals surface area contributed by atoms with E-state index in [1.165, 1.54) is 54.8 Å². The number of amides is 3. The molecule has 4 aromatic rings. The van der Waals surface area contributed by atoms with E-state index >= 15 is 0 Å². The van der Waals surface area contributed by atoms with Crippen LogP contribution in [-0.2, 0) is 13.0 Å².